The van der Waals surface area contributed by atoms with E-state index in [9.17, 15) is 19.7 Å². The topological polar surface area (TPSA) is 111 Å². The molecule has 0 aliphatic carbocycles. The minimum Gasteiger partial charge on any atom is -0.493 e. The maximum atomic E-state index is 12.9. The van der Waals surface area contributed by atoms with Crippen molar-refractivity contribution in [3.05, 3.63) is 105 Å². The molecule has 35 heavy (non-hydrogen) atoms. The van der Waals surface area contributed by atoms with Crippen molar-refractivity contribution >= 4 is 23.7 Å². The molecule has 0 saturated carbocycles. The van der Waals surface area contributed by atoms with Crippen molar-refractivity contribution in [2.24, 2.45) is 0 Å². The molecule has 0 radical (unpaired) electrons. The van der Waals surface area contributed by atoms with Gasteiger partial charge in [-0.15, -0.1) is 0 Å². The molecular formula is C26H23N3O6. The van der Waals surface area contributed by atoms with Crippen molar-refractivity contribution in [1.29, 1.82) is 0 Å². The summed E-state index contributed by atoms with van der Waals surface area (Å²) in [6.07, 6.45) is 1.28. The predicted molar refractivity (Wildman–Crippen MR) is 129 cm³/mol. The second-order valence-electron chi connectivity index (χ2n) is 7.96. The number of hydrogen-bond acceptors (Lipinski definition) is 6. The molecule has 0 bridgehead atoms. The fraction of sp³-hybridized carbons (Fsp3) is 0.154. The standard InChI is InChI=1S/C26H23N3O6/c1-17-7-6-10-19(11-17)15-28-25(30)21(27-26(28)31)12-20-13-23(34-2)24(14-22(20)29(32)33)35-16-18-8-4-3-5-9-18/h3-14H,15-16H2,1-2H3,(H,27,31)/b21-12+. The maximum Gasteiger partial charge on any atom is 0.329 e. The van der Waals surface area contributed by atoms with Crippen LogP contribution in [0, 0.1) is 17.0 Å². The predicted octanol–water partition coefficient (Wildman–Crippen LogP) is 4.58. The van der Waals surface area contributed by atoms with Crippen molar-refractivity contribution in [2.75, 3.05) is 7.11 Å². The highest BCUT2D eigenvalue weighted by Crippen LogP contribution is 2.36. The SMILES string of the molecule is COc1cc(/C=C2/NC(=O)N(Cc3cccc(C)c3)C2=O)c([N+](=O)[O-])cc1OCc1ccccc1. The van der Waals surface area contributed by atoms with E-state index in [1.807, 2.05) is 61.5 Å². The molecule has 0 spiro atoms. The number of urea groups is 1. The van der Waals surface area contributed by atoms with Crippen molar-refractivity contribution in [1.82, 2.24) is 10.2 Å². The molecule has 9 heteroatoms. The summed E-state index contributed by atoms with van der Waals surface area (Å²) in [4.78, 5) is 37.7. The van der Waals surface area contributed by atoms with E-state index in [2.05, 4.69) is 5.32 Å². The van der Waals surface area contributed by atoms with Crippen LogP contribution >= 0.6 is 0 Å². The Balaban J connectivity index is 1.62. The van der Waals surface area contributed by atoms with Crippen LogP contribution in [0.4, 0.5) is 10.5 Å². The molecule has 9 nitrogen and oxygen atoms in total. The highest BCUT2D eigenvalue weighted by Gasteiger charge is 2.34. The van der Waals surface area contributed by atoms with Gasteiger partial charge in [-0.05, 0) is 30.2 Å². The quantitative estimate of drug-likeness (QED) is 0.222. The van der Waals surface area contributed by atoms with Crippen LogP contribution in [-0.2, 0) is 17.9 Å². The van der Waals surface area contributed by atoms with E-state index in [-0.39, 0.29) is 41.6 Å². The third-order valence-electron chi connectivity index (χ3n) is 5.43. The summed E-state index contributed by atoms with van der Waals surface area (Å²) in [5.41, 5.74) is 2.42. The molecule has 1 saturated heterocycles. The number of nitro groups is 1. The molecule has 4 rings (SSSR count). The van der Waals surface area contributed by atoms with Gasteiger partial charge in [0.25, 0.3) is 11.6 Å². The number of aryl methyl sites for hydroxylation is 1. The highest BCUT2D eigenvalue weighted by atomic mass is 16.6. The van der Waals surface area contributed by atoms with Gasteiger partial charge >= 0.3 is 6.03 Å². The van der Waals surface area contributed by atoms with Crippen molar-refractivity contribution in [3.8, 4) is 11.5 Å². The molecule has 178 valence electrons. The van der Waals surface area contributed by atoms with Gasteiger partial charge in [0.2, 0.25) is 0 Å². The number of nitrogens with zero attached hydrogens (tertiary/aromatic N) is 2. The first-order valence-corrected chi connectivity index (χ1v) is 10.8. The summed E-state index contributed by atoms with van der Waals surface area (Å²) in [5, 5.41) is 14.3. The summed E-state index contributed by atoms with van der Waals surface area (Å²) < 4.78 is 11.1. The van der Waals surface area contributed by atoms with Gasteiger partial charge in [0.1, 0.15) is 12.3 Å². The Morgan fingerprint density at radius 2 is 1.74 bits per heavy atom. The number of nitrogens with one attached hydrogen (secondary N) is 1. The van der Waals surface area contributed by atoms with E-state index in [4.69, 9.17) is 9.47 Å². The molecular weight excluding hydrogens is 450 g/mol. The maximum absolute atomic E-state index is 12.9. The van der Waals surface area contributed by atoms with Crippen LogP contribution in [0.1, 0.15) is 22.3 Å². The largest absolute Gasteiger partial charge is 0.493 e. The fourth-order valence-corrected chi connectivity index (χ4v) is 3.71. The zero-order chi connectivity index (χ0) is 24.9. The Morgan fingerprint density at radius 3 is 2.43 bits per heavy atom. The number of nitro benzene ring substituents is 1. The Bertz CT molecular complexity index is 1320. The summed E-state index contributed by atoms with van der Waals surface area (Å²) in [5.74, 6) is -0.131. The summed E-state index contributed by atoms with van der Waals surface area (Å²) in [6, 6.07) is 18.9. The fourth-order valence-electron chi connectivity index (χ4n) is 3.71. The van der Waals surface area contributed by atoms with Gasteiger partial charge in [0, 0.05) is 0 Å². The van der Waals surface area contributed by atoms with Crippen LogP contribution in [0.15, 0.2) is 72.4 Å². The minimum atomic E-state index is -0.597. The average Bonchev–Trinajstić information content (AvgIpc) is 3.10. The summed E-state index contributed by atoms with van der Waals surface area (Å²) in [7, 11) is 1.42. The lowest BCUT2D eigenvalue weighted by molar-refractivity contribution is -0.385. The molecule has 1 heterocycles. The first kappa shape index (κ1) is 23.5. The van der Waals surface area contributed by atoms with Crippen LogP contribution in [0.3, 0.4) is 0 Å². The Hall–Kier alpha value is -4.66. The van der Waals surface area contributed by atoms with Crippen molar-refractivity contribution in [2.45, 2.75) is 20.1 Å². The Kier molecular flexibility index (Phi) is 6.77. The third-order valence-corrected chi connectivity index (χ3v) is 5.43. The Labute approximate surface area is 201 Å². The van der Waals surface area contributed by atoms with Gasteiger partial charge in [0.15, 0.2) is 11.5 Å². The van der Waals surface area contributed by atoms with E-state index in [0.29, 0.717) is 0 Å². The number of amides is 3. The molecule has 0 unspecified atom stereocenters. The normalized spacial score (nSPS) is 14.2. The summed E-state index contributed by atoms with van der Waals surface area (Å²) in [6.45, 7) is 2.19. The lowest BCUT2D eigenvalue weighted by Gasteiger charge is -2.12. The number of carbonyl (C=O) groups is 2. The van der Waals surface area contributed by atoms with Crippen molar-refractivity contribution < 1.29 is 24.0 Å². The number of methoxy groups -OCH3 is 1. The molecule has 3 amide bonds. The summed E-state index contributed by atoms with van der Waals surface area (Å²) >= 11 is 0. The molecule has 1 N–H and O–H groups in total. The number of carbonyl (C=O) groups excluding carboxylic acids is 2. The third kappa shape index (κ3) is 5.30. The highest BCUT2D eigenvalue weighted by molar-refractivity contribution is 6.14. The number of ether oxygens (including phenoxy) is 2. The number of imide groups is 1. The van der Waals surface area contributed by atoms with Gasteiger partial charge < -0.3 is 14.8 Å². The smallest absolute Gasteiger partial charge is 0.329 e. The lowest BCUT2D eigenvalue weighted by Crippen LogP contribution is -2.30. The number of benzene rings is 3. The van der Waals surface area contributed by atoms with E-state index in [1.165, 1.54) is 25.3 Å². The van der Waals surface area contributed by atoms with E-state index < -0.39 is 16.9 Å². The second kappa shape index (κ2) is 10.1. The number of rotatable bonds is 8. The Morgan fingerprint density at radius 1 is 1.00 bits per heavy atom. The number of hydrogen-bond donors (Lipinski definition) is 1. The van der Waals surface area contributed by atoms with Crippen LogP contribution in [0.5, 0.6) is 11.5 Å². The van der Waals surface area contributed by atoms with Gasteiger partial charge in [-0.1, -0.05) is 60.2 Å². The van der Waals surface area contributed by atoms with Gasteiger partial charge in [-0.2, -0.15) is 0 Å². The zero-order valence-corrected chi connectivity index (χ0v) is 19.2. The van der Waals surface area contributed by atoms with Gasteiger partial charge in [-0.3, -0.25) is 19.8 Å². The molecule has 1 fully saturated rings. The van der Waals surface area contributed by atoms with E-state index >= 15 is 0 Å². The second-order valence-corrected chi connectivity index (χ2v) is 7.96. The van der Waals surface area contributed by atoms with Crippen LogP contribution < -0.4 is 14.8 Å². The first-order chi connectivity index (χ1) is 16.9. The van der Waals surface area contributed by atoms with Crippen LogP contribution in [0.2, 0.25) is 0 Å². The van der Waals surface area contributed by atoms with Crippen molar-refractivity contribution in [3.63, 3.8) is 0 Å². The first-order valence-electron chi connectivity index (χ1n) is 10.8. The van der Waals surface area contributed by atoms with Gasteiger partial charge in [0.05, 0.1) is 30.2 Å². The van der Waals surface area contributed by atoms with Gasteiger partial charge in [-0.25, -0.2) is 4.79 Å². The molecule has 3 aromatic carbocycles. The van der Waals surface area contributed by atoms with E-state index in [0.717, 1.165) is 21.6 Å². The van der Waals surface area contributed by atoms with E-state index in [1.54, 1.807) is 0 Å². The monoisotopic (exact) mass is 473 g/mol. The minimum absolute atomic E-state index is 0.0641. The zero-order valence-electron chi connectivity index (χ0n) is 19.2. The molecule has 0 atom stereocenters. The molecule has 0 aromatic heterocycles. The van der Waals surface area contributed by atoms with Crippen LogP contribution in [-0.4, -0.2) is 28.9 Å². The average molecular weight is 473 g/mol. The molecule has 1 aliphatic rings. The van der Waals surface area contributed by atoms with Crippen LogP contribution in [0.25, 0.3) is 6.08 Å². The molecule has 1 aliphatic heterocycles. The lowest BCUT2D eigenvalue weighted by atomic mass is 10.1. The molecule has 3 aromatic rings.